The van der Waals surface area contributed by atoms with Gasteiger partial charge in [0.25, 0.3) is 0 Å². The van der Waals surface area contributed by atoms with Crippen molar-refractivity contribution in [2.24, 2.45) is 0 Å². The number of hydrogen-bond donors (Lipinski definition) is 0. The predicted octanol–water partition coefficient (Wildman–Crippen LogP) is 3.05. The van der Waals surface area contributed by atoms with E-state index in [1.807, 2.05) is 16.9 Å². The van der Waals surface area contributed by atoms with Gasteiger partial charge in [-0.3, -0.25) is 4.79 Å². The SMILES string of the molecule is Cc1cc(CCC(=O)N2C3CCC2CC(n2ccnn2)C3)ccc1F. The summed E-state index contributed by atoms with van der Waals surface area (Å²) >= 11 is 0. The molecule has 3 heterocycles. The van der Waals surface area contributed by atoms with Crippen molar-refractivity contribution in [2.45, 2.75) is 63.6 Å². The number of carbonyl (C=O) groups excluding carboxylic acids is 1. The highest BCUT2D eigenvalue weighted by Crippen LogP contribution is 2.40. The van der Waals surface area contributed by atoms with Gasteiger partial charge in [0.05, 0.1) is 12.2 Å². The molecular weight excluding hydrogens is 319 g/mol. The number of aromatic nitrogens is 3. The van der Waals surface area contributed by atoms with E-state index in [0.717, 1.165) is 31.2 Å². The Morgan fingerprint density at radius 1 is 1.24 bits per heavy atom. The zero-order valence-corrected chi connectivity index (χ0v) is 14.4. The number of nitrogens with zero attached hydrogens (tertiary/aromatic N) is 4. The quantitative estimate of drug-likeness (QED) is 0.858. The number of fused-ring (bicyclic) bond motifs is 2. The van der Waals surface area contributed by atoms with Gasteiger partial charge in [-0.25, -0.2) is 9.07 Å². The van der Waals surface area contributed by atoms with Crippen LogP contribution >= 0.6 is 0 Å². The van der Waals surface area contributed by atoms with Crippen LogP contribution < -0.4 is 0 Å². The molecule has 0 saturated carbocycles. The summed E-state index contributed by atoms with van der Waals surface area (Å²) < 4.78 is 15.3. The van der Waals surface area contributed by atoms with E-state index in [2.05, 4.69) is 15.2 Å². The smallest absolute Gasteiger partial charge is 0.223 e. The molecule has 2 aliphatic heterocycles. The van der Waals surface area contributed by atoms with Crippen LogP contribution in [0.5, 0.6) is 0 Å². The molecule has 0 aliphatic carbocycles. The second-order valence-electron chi connectivity index (χ2n) is 7.28. The maximum Gasteiger partial charge on any atom is 0.223 e. The molecule has 2 atom stereocenters. The van der Waals surface area contributed by atoms with Gasteiger partial charge in [0.15, 0.2) is 0 Å². The van der Waals surface area contributed by atoms with Gasteiger partial charge in [-0.15, -0.1) is 5.10 Å². The molecule has 2 aliphatic rings. The molecule has 0 N–H and O–H groups in total. The second kappa shape index (κ2) is 6.58. The molecule has 2 fully saturated rings. The van der Waals surface area contributed by atoms with Crippen molar-refractivity contribution >= 4 is 5.91 Å². The summed E-state index contributed by atoms with van der Waals surface area (Å²) in [6.07, 6.45) is 8.87. The number of rotatable bonds is 4. The molecule has 2 bridgehead atoms. The molecule has 4 rings (SSSR count). The van der Waals surface area contributed by atoms with Crippen molar-refractivity contribution in [3.05, 3.63) is 47.5 Å². The number of hydrogen-bond acceptors (Lipinski definition) is 3. The molecular formula is C19H23FN4O. The second-order valence-corrected chi connectivity index (χ2v) is 7.28. The third-order valence-electron chi connectivity index (χ3n) is 5.66. The monoisotopic (exact) mass is 342 g/mol. The molecule has 2 unspecified atom stereocenters. The highest BCUT2D eigenvalue weighted by atomic mass is 19.1. The Balaban J connectivity index is 1.39. The Hall–Kier alpha value is -2.24. The van der Waals surface area contributed by atoms with Crippen LogP contribution in [-0.4, -0.2) is 37.9 Å². The van der Waals surface area contributed by atoms with Crippen molar-refractivity contribution in [1.82, 2.24) is 19.9 Å². The average molecular weight is 342 g/mol. The molecule has 132 valence electrons. The van der Waals surface area contributed by atoms with E-state index < -0.39 is 0 Å². The number of carbonyl (C=O) groups is 1. The van der Waals surface area contributed by atoms with E-state index in [4.69, 9.17) is 0 Å². The van der Waals surface area contributed by atoms with Crippen LogP contribution in [0.1, 0.15) is 49.3 Å². The minimum atomic E-state index is -0.191. The van der Waals surface area contributed by atoms with Crippen molar-refractivity contribution in [3.8, 4) is 0 Å². The standard InChI is InChI=1S/C19H23FN4O/c1-13-10-14(2-6-18(13)20)3-7-19(25)24-15-4-5-16(24)12-17(11-15)23-9-8-21-22-23/h2,6,8-10,15-17H,3-5,7,11-12H2,1H3. The number of piperidine rings is 1. The van der Waals surface area contributed by atoms with Gasteiger partial charge in [-0.1, -0.05) is 17.3 Å². The Morgan fingerprint density at radius 2 is 2.00 bits per heavy atom. The molecule has 2 aromatic rings. The van der Waals surface area contributed by atoms with Gasteiger partial charge in [0.2, 0.25) is 5.91 Å². The molecule has 5 nitrogen and oxygen atoms in total. The lowest BCUT2D eigenvalue weighted by Crippen LogP contribution is -2.47. The third kappa shape index (κ3) is 3.17. The van der Waals surface area contributed by atoms with Gasteiger partial charge in [-0.05, 0) is 56.2 Å². The summed E-state index contributed by atoms with van der Waals surface area (Å²) in [5.41, 5.74) is 1.66. The first-order valence-corrected chi connectivity index (χ1v) is 9.04. The zero-order valence-electron chi connectivity index (χ0n) is 14.4. The van der Waals surface area contributed by atoms with E-state index >= 15 is 0 Å². The zero-order chi connectivity index (χ0) is 17.4. The fourth-order valence-electron chi connectivity index (χ4n) is 4.43. The van der Waals surface area contributed by atoms with Crippen molar-refractivity contribution < 1.29 is 9.18 Å². The van der Waals surface area contributed by atoms with Gasteiger partial charge in [0.1, 0.15) is 5.82 Å². The molecule has 1 amide bonds. The van der Waals surface area contributed by atoms with E-state index in [1.165, 1.54) is 6.07 Å². The van der Waals surface area contributed by atoms with Crippen molar-refractivity contribution in [3.63, 3.8) is 0 Å². The van der Waals surface area contributed by atoms with Crippen LogP contribution in [0.15, 0.2) is 30.6 Å². The summed E-state index contributed by atoms with van der Waals surface area (Å²) in [4.78, 5) is 14.9. The summed E-state index contributed by atoms with van der Waals surface area (Å²) in [6, 6.07) is 6.09. The van der Waals surface area contributed by atoms with Gasteiger partial charge in [-0.2, -0.15) is 0 Å². The van der Waals surface area contributed by atoms with E-state index in [-0.39, 0.29) is 11.7 Å². The average Bonchev–Trinajstić information content (AvgIpc) is 3.22. The van der Waals surface area contributed by atoms with Crippen LogP contribution in [0.3, 0.4) is 0 Å². The number of halogens is 1. The molecule has 1 aromatic carbocycles. The number of aryl methyl sites for hydroxylation is 2. The first kappa shape index (κ1) is 16.2. The summed E-state index contributed by atoms with van der Waals surface area (Å²) in [7, 11) is 0. The molecule has 1 aromatic heterocycles. The van der Waals surface area contributed by atoms with Crippen LogP contribution in [-0.2, 0) is 11.2 Å². The van der Waals surface area contributed by atoms with Crippen molar-refractivity contribution in [1.29, 1.82) is 0 Å². The first-order valence-electron chi connectivity index (χ1n) is 9.04. The van der Waals surface area contributed by atoms with Crippen LogP contribution in [0.4, 0.5) is 4.39 Å². The minimum Gasteiger partial charge on any atom is -0.337 e. The van der Waals surface area contributed by atoms with Crippen molar-refractivity contribution in [2.75, 3.05) is 0 Å². The Morgan fingerprint density at radius 3 is 2.64 bits per heavy atom. The fraction of sp³-hybridized carbons (Fsp3) is 0.526. The van der Waals surface area contributed by atoms with Gasteiger partial charge >= 0.3 is 0 Å². The van der Waals surface area contributed by atoms with E-state index in [1.54, 1.807) is 19.2 Å². The lowest BCUT2D eigenvalue weighted by atomic mass is 9.96. The maximum atomic E-state index is 13.4. The van der Waals surface area contributed by atoms with E-state index in [0.29, 0.717) is 36.5 Å². The molecule has 25 heavy (non-hydrogen) atoms. The lowest BCUT2D eigenvalue weighted by molar-refractivity contribution is -0.136. The van der Waals surface area contributed by atoms with Gasteiger partial charge in [0, 0.05) is 24.7 Å². The third-order valence-corrected chi connectivity index (χ3v) is 5.66. The normalized spacial score (nSPS) is 25.4. The summed E-state index contributed by atoms with van der Waals surface area (Å²) in [5.74, 6) is 0.0369. The van der Waals surface area contributed by atoms with Crippen LogP contribution in [0, 0.1) is 12.7 Å². The largest absolute Gasteiger partial charge is 0.337 e. The number of amides is 1. The first-order chi connectivity index (χ1) is 12.1. The van der Waals surface area contributed by atoms with Crippen LogP contribution in [0.25, 0.3) is 0 Å². The van der Waals surface area contributed by atoms with Gasteiger partial charge < -0.3 is 4.90 Å². The highest BCUT2D eigenvalue weighted by Gasteiger charge is 2.43. The van der Waals surface area contributed by atoms with Crippen LogP contribution in [0.2, 0.25) is 0 Å². The minimum absolute atomic E-state index is 0.191. The molecule has 0 spiro atoms. The molecule has 2 saturated heterocycles. The van der Waals surface area contributed by atoms with E-state index in [9.17, 15) is 9.18 Å². The lowest BCUT2D eigenvalue weighted by Gasteiger charge is -2.39. The molecule has 0 radical (unpaired) electrons. The predicted molar refractivity (Wildman–Crippen MR) is 91.4 cm³/mol. The fourth-order valence-corrected chi connectivity index (χ4v) is 4.43. The summed E-state index contributed by atoms with van der Waals surface area (Å²) in [6.45, 7) is 1.76. The maximum absolute atomic E-state index is 13.4. The topological polar surface area (TPSA) is 51.0 Å². The molecule has 6 heteroatoms. The Bertz CT molecular complexity index is 747. The number of benzene rings is 1. The Kier molecular flexibility index (Phi) is 4.27. The Labute approximate surface area is 146 Å². The highest BCUT2D eigenvalue weighted by molar-refractivity contribution is 5.77. The summed E-state index contributed by atoms with van der Waals surface area (Å²) in [5, 5.41) is 8.03.